The van der Waals surface area contributed by atoms with Gasteiger partial charge >= 0.3 is 0 Å². The molecule has 2 atom stereocenters. The fourth-order valence-electron chi connectivity index (χ4n) is 2.75. The number of sulfonamides is 1. The summed E-state index contributed by atoms with van der Waals surface area (Å²) in [6.45, 7) is 5.63. The Hall–Kier alpha value is -0.130. The van der Waals surface area contributed by atoms with Crippen LogP contribution in [0.3, 0.4) is 0 Å². The molecule has 0 bridgehead atoms. The highest BCUT2D eigenvalue weighted by molar-refractivity contribution is 14.0. The lowest BCUT2D eigenvalue weighted by Crippen LogP contribution is -2.50. The summed E-state index contributed by atoms with van der Waals surface area (Å²) < 4.78 is 31.7. The Morgan fingerprint density at radius 3 is 2.43 bits per heavy atom. The largest absolute Gasteiger partial charge is 0.373 e. The number of halogens is 1. The summed E-state index contributed by atoms with van der Waals surface area (Å²) in [7, 11) is -3.29. The van der Waals surface area contributed by atoms with Crippen LogP contribution in [0.5, 0.6) is 0 Å². The minimum atomic E-state index is -3.29. The van der Waals surface area contributed by atoms with Crippen molar-refractivity contribution < 1.29 is 13.2 Å². The van der Waals surface area contributed by atoms with Crippen LogP contribution in [0.2, 0.25) is 0 Å². The van der Waals surface area contributed by atoms with Gasteiger partial charge in [-0.2, -0.15) is 4.31 Å². The molecule has 0 aromatic carbocycles. The number of nitrogens with zero attached hydrogens (tertiary/aromatic N) is 2. The van der Waals surface area contributed by atoms with Crippen LogP contribution in [0, 0.1) is 5.92 Å². The Bertz CT molecular complexity index is 486. The second-order valence-corrected chi connectivity index (χ2v) is 8.43. The van der Waals surface area contributed by atoms with Gasteiger partial charge in [0.25, 0.3) is 0 Å². The lowest BCUT2D eigenvalue weighted by molar-refractivity contribution is -0.0440. The van der Waals surface area contributed by atoms with Gasteiger partial charge in [0.1, 0.15) is 0 Å². The van der Waals surface area contributed by atoms with Crippen LogP contribution in [0.1, 0.15) is 33.1 Å². The number of ether oxygens (including phenoxy) is 1. The van der Waals surface area contributed by atoms with Crippen LogP contribution in [0.4, 0.5) is 0 Å². The molecule has 1 saturated carbocycles. The maximum Gasteiger partial charge on any atom is 0.216 e. The van der Waals surface area contributed by atoms with E-state index in [1.807, 2.05) is 13.8 Å². The van der Waals surface area contributed by atoms with Gasteiger partial charge in [-0.1, -0.05) is 6.42 Å². The van der Waals surface area contributed by atoms with Gasteiger partial charge in [-0.25, -0.2) is 8.42 Å². The van der Waals surface area contributed by atoms with Crippen molar-refractivity contribution in [2.75, 3.05) is 31.9 Å². The van der Waals surface area contributed by atoms with Crippen molar-refractivity contribution in [1.29, 1.82) is 0 Å². The summed E-state index contributed by atoms with van der Waals surface area (Å²) >= 11 is 0. The van der Waals surface area contributed by atoms with Gasteiger partial charge in [-0.3, -0.25) is 4.99 Å². The predicted molar refractivity (Wildman–Crippen MR) is 103 cm³/mol. The smallest absolute Gasteiger partial charge is 0.216 e. The van der Waals surface area contributed by atoms with Crippen molar-refractivity contribution in [1.82, 2.24) is 9.62 Å². The van der Waals surface area contributed by atoms with E-state index in [0.717, 1.165) is 6.54 Å². The first kappa shape index (κ1) is 20.9. The second-order valence-electron chi connectivity index (χ2n) is 6.34. The Balaban J connectivity index is 0.00000264. The predicted octanol–water partition coefficient (Wildman–Crippen LogP) is 0.748. The third-order valence-electron chi connectivity index (χ3n) is 4.19. The molecular weight excluding hydrogens is 431 g/mol. The van der Waals surface area contributed by atoms with E-state index in [1.54, 1.807) is 0 Å². The normalized spacial score (nSPS) is 27.1. The molecule has 2 unspecified atom stereocenters. The molecule has 136 valence electrons. The third-order valence-corrected chi connectivity index (χ3v) is 6.00. The molecule has 0 amide bonds. The van der Waals surface area contributed by atoms with Gasteiger partial charge in [0.2, 0.25) is 10.0 Å². The molecule has 0 spiro atoms. The van der Waals surface area contributed by atoms with Gasteiger partial charge < -0.3 is 15.8 Å². The van der Waals surface area contributed by atoms with Crippen LogP contribution in [0.25, 0.3) is 0 Å². The van der Waals surface area contributed by atoms with E-state index in [2.05, 4.69) is 10.3 Å². The van der Waals surface area contributed by atoms with Crippen molar-refractivity contribution in [3.63, 3.8) is 0 Å². The first-order valence-corrected chi connectivity index (χ1v) is 9.65. The van der Waals surface area contributed by atoms with E-state index >= 15 is 0 Å². The summed E-state index contributed by atoms with van der Waals surface area (Å²) in [6.07, 6.45) is 3.58. The number of nitrogens with two attached hydrogens (primary N) is 1. The molecule has 1 aliphatic heterocycles. The molecule has 2 aliphatic rings. The van der Waals surface area contributed by atoms with E-state index in [0.29, 0.717) is 25.0 Å². The van der Waals surface area contributed by atoms with Gasteiger partial charge in [-0.15, -0.1) is 24.0 Å². The molecule has 2 rings (SSSR count). The van der Waals surface area contributed by atoms with Crippen LogP contribution in [-0.4, -0.2) is 62.8 Å². The minimum Gasteiger partial charge on any atom is -0.373 e. The fraction of sp³-hybridized carbons (Fsp3) is 0.929. The van der Waals surface area contributed by atoms with Gasteiger partial charge in [0.05, 0.1) is 18.0 Å². The molecule has 23 heavy (non-hydrogen) atoms. The molecule has 0 aromatic heterocycles. The van der Waals surface area contributed by atoms with Crippen LogP contribution in [0.15, 0.2) is 4.99 Å². The van der Waals surface area contributed by atoms with Crippen molar-refractivity contribution >= 4 is 40.0 Å². The highest BCUT2D eigenvalue weighted by atomic mass is 127. The van der Waals surface area contributed by atoms with E-state index in [1.165, 1.54) is 23.6 Å². The molecule has 3 N–H and O–H groups in total. The maximum absolute atomic E-state index is 12.3. The molecule has 0 radical (unpaired) electrons. The van der Waals surface area contributed by atoms with E-state index in [9.17, 15) is 8.42 Å². The zero-order valence-corrected chi connectivity index (χ0v) is 17.0. The number of rotatable bonds is 6. The molecule has 9 heteroatoms. The van der Waals surface area contributed by atoms with Crippen LogP contribution < -0.4 is 11.1 Å². The zero-order valence-electron chi connectivity index (χ0n) is 13.9. The van der Waals surface area contributed by atoms with Gasteiger partial charge in [-0.05, 0) is 32.6 Å². The molecule has 7 nitrogen and oxygen atoms in total. The van der Waals surface area contributed by atoms with Crippen LogP contribution >= 0.6 is 24.0 Å². The number of aliphatic imine (C=N–C) groups is 1. The Kier molecular flexibility index (Phi) is 8.53. The molecule has 1 heterocycles. The summed E-state index contributed by atoms with van der Waals surface area (Å²) in [4.78, 5) is 4.26. The fourth-order valence-corrected chi connectivity index (χ4v) is 4.25. The Labute approximate surface area is 156 Å². The SMILES string of the molecule is CC1CN(S(=O)(=O)CCNC(N)=NCC2CCC2)CC(C)O1.I. The lowest BCUT2D eigenvalue weighted by Gasteiger charge is -2.34. The van der Waals surface area contributed by atoms with E-state index in [-0.39, 0.29) is 48.5 Å². The highest BCUT2D eigenvalue weighted by Crippen LogP contribution is 2.26. The summed E-state index contributed by atoms with van der Waals surface area (Å²) in [5.74, 6) is 1.01. The summed E-state index contributed by atoms with van der Waals surface area (Å²) in [6, 6.07) is 0. The molecular formula is C14H29IN4O3S. The Morgan fingerprint density at radius 2 is 1.91 bits per heavy atom. The third kappa shape index (κ3) is 6.71. The number of nitrogens with one attached hydrogen (secondary N) is 1. The van der Waals surface area contributed by atoms with E-state index < -0.39 is 10.0 Å². The molecule has 2 fully saturated rings. The summed E-state index contributed by atoms with van der Waals surface area (Å²) in [5.41, 5.74) is 5.76. The maximum atomic E-state index is 12.3. The van der Waals surface area contributed by atoms with Gasteiger partial charge in [0.15, 0.2) is 5.96 Å². The average Bonchev–Trinajstić information content (AvgIpc) is 2.35. The molecule has 0 aromatic rings. The minimum absolute atomic E-state index is 0. The number of guanidine groups is 1. The average molecular weight is 460 g/mol. The number of morpholine rings is 1. The Morgan fingerprint density at radius 1 is 1.30 bits per heavy atom. The van der Waals surface area contributed by atoms with Crippen molar-refractivity contribution in [2.45, 2.75) is 45.3 Å². The zero-order chi connectivity index (χ0) is 16.2. The quantitative estimate of drug-likeness (QED) is 0.347. The molecule has 1 saturated heterocycles. The standard InChI is InChI=1S/C14H28N4O3S.HI/c1-11-9-18(10-12(2)21-11)22(19,20)7-6-16-14(15)17-8-13-4-3-5-13;/h11-13H,3-10H2,1-2H3,(H3,15,16,17);1H. The number of hydrogen-bond donors (Lipinski definition) is 2. The summed E-state index contributed by atoms with van der Waals surface area (Å²) in [5, 5.41) is 2.89. The van der Waals surface area contributed by atoms with Gasteiger partial charge in [0, 0.05) is 26.2 Å². The van der Waals surface area contributed by atoms with Crippen molar-refractivity contribution in [3.8, 4) is 0 Å². The highest BCUT2D eigenvalue weighted by Gasteiger charge is 2.30. The van der Waals surface area contributed by atoms with Crippen molar-refractivity contribution in [3.05, 3.63) is 0 Å². The molecule has 1 aliphatic carbocycles. The second kappa shape index (κ2) is 9.38. The lowest BCUT2D eigenvalue weighted by atomic mass is 9.86. The van der Waals surface area contributed by atoms with E-state index in [4.69, 9.17) is 10.5 Å². The first-order valence-electron chi connectivity index (χ1n) is 8.04. The topological polar surface area (TPSA) is 97.0 Å². The number of hydrogen-bond acceptors (Lipinski definition) is 4. The van der Waals surface area contributed by atoms with Crippen LogP contribution in [-0.2, 0) is 14.8 Å². The first-order chi connectivity index (χ1) is 10.4. The monoisotopic (exact) mass is 460 g/mol. The van der Waals surface area contributed by atoms with Crippen molar-refractivity contribution in [2.24, 2.45) is 16.6 Å².